The SMILES string of the molecule is O=C(CNc1ccccc1)Cc1cc(F)ccc1F. The second-order valence-electron chi connectivity index (χ2n) is 4.17. The standard InChI is InChI=1S/C15H13F2NO/c16-12-6-7-15(17)11(8-12)9-14(19)10-18-13-4-2-1-3-5-13/h1-8,18H,9-10H2. The number of hydrogen-bond donors (Lipinski definition) is 1. The number of nitrogens with one attached hydrogen (secondary N) is 1. The summed E-state index contributed by atoms with van der Waals surface area (Å²) >= 11 is 0. The molecule has 2 aromatic rings. The molecule has 1 N–H and O–H groups in total. The first-order valence-electron chi connectivity index (χ1n) is 5.90. The lowest BCUT2D eigenvalue weighted by Gasteiger charge is -2.06. The quantitative estimate of drug-likeness (QED) is 0.895. The molecule has 0 fully saturated rings. The van der Waals surface area contributed by atoms with Gasteiger partial charge in [-0.3, -0.25) is 4.79 Å². The highest BCUT2D eigenvalue weighted by atomic mass is 19.1. The molecular formula is C15H13F2NO. The van der Waals surface area contributed by atoms with Gasteiger partial charge in [-0.05, 0) is 35.9 Å². The minimum Gasteiger partial charge on any atom is -0.378 e. The van der Waals surface area contributed by atoms with Crippen molar-refractivity contribution in [3.63, 3.8) is 0 Å². The number of carbonyl (C=O) groups excluding carboxylic acids is 1. The average Bonchev–Trinajstić information content (AvgIpc) is 2.42. The van der Waals surface area contributed by atoms with Crippen molar-refractivity contribution in [2.24, 2.45) is 0 Å². The topological polar surface area (TPSA) is 29.1 Å². The molecule has 0 amide bonds. The summed E-state index contributed by atoms with van der Waals surface area (Å²) in [5, 5.41) is 2.93. The fraction of sp³-hybridized carbons (Fsp3) is 0.133. The van der Waals surface area contributed by atoms with Crippen molar-refractivity contribution in [2.45, 2.75) is 6.42 Å². The van der Waals surface area contributed by atoms with Gasteiger partial charge in [-0.1, -0.05) is 18.2 Å². The van der Waals surface area contributed by atoms with Crippen LogP contribution < -0.4 is 5.32 Å². The van der Waals surface area contributed by atoms with Crippen LogP contribution in [0.25, 0.3) is 0 Å². The maximum atomic E-state index is 13.4. The van der Waals surface area contributed by atoms with Gasteiger partial charge >= 0.3 is 0 Å². The number of ketones is 1. The maximum absolute atomic E-state index is 13.4. The van der Waals surface area contributed by atoms with Crippen molar-refractivity contribution in [1.29, 1.82) is 0 Å². The van der Waals surface area contributed by atoms with Gasteiger partial charge in [0.25, 0.3) is 0 Å². The largest absolute Gasteiger partial charge is 0.378 e. The summed E-state index contributed by atoms with van der Waals surface area (Å²) < 4.78 is 26.3. The van der Waals surface area contributed by atoms with Gasteiger partial charge in [0.1, 0.15) is 11.6 Å². The zero-order chi connectivity index (χ0) is 13.7. The van der Waals surface area contributed by atoms with Crippen LogP contribution in [-0.4, -0.2) is 12.3 Å². The molecule has 0 aliphatic heterocycles. The Morgan fingerprint density at radius 2 is 1.79 bits per heavy atom. The summed E-state index contributed by atoms with van der Waals surface area (Å²) in [6.45, 7) is 0.0833. The van der Waals surface area contributed by atoms with Crippen LogP contribution in [0.2, 0.25) is 0 Å². The molecule has 2 aromatic carbocycles. The molecule has 0 spiro atoms. The fourth-order valence-corrected chi connectivity index (χ4v) is 1.71. The van der Waals surface area contributed by atoms with Crippen LogP contribution in [0.1, 0.15) is 5.56 Å². The molecule has 0 aliphatic rings. The third-order valence-corrected chi connectivity index (χ3v) is 2.66. The lowest BCUT2D eigenvalue weighted by atomic mass is 10.1. The molecule has 0 saturated carbocycles. The molecule has 0 aliphatic carbocycles. The van der Waals surface area contributed by atoms with Gasteiger partial charge in [0, 0.05) is 12.1 Å². The highest BCUT2D eigenvalue weighted by molar-refractivity contribution is 5.85. The second-order valence-corrected chi connectivity index (χ2v) is 4.17. The van der Waals surface area contributed by atoms with Crippen molar-refractivity contribution in [3.8, 4) is 0 Å². The van der Waals surface area contributed by atoms with Crippen molar-refractivity contribution in [3.05, 3.63) is 65.7 Å². The Bertz CT molecular complexity index is 570. The van der Waals surface area contributed by atoms with Gasteiger partial charge < -0.3 is 5.32 Å². The van der Waals surface area contributed by atoms with Crippen LogP contribution in [0.3, 0.4) is 0 Å². The first-order chi connectivity index (χ1) is 9.15. The van der Waals surface area contributed by atoms with E-state index in [9.17, 15) is 13.6 Å². The van der Waals surface area contributed by atoms with Crippen LogP contribution in [0, 0.1) is 11.6 Å². The van der Waals surface area contributed by atoms with E-state index in [1.807, 2.05) is 30.3 Å². The summed E-state index contributed by atoms with van der Waals surface area (Å²) in [4.78, 5) is 11.7. The summed E-state index contributed by atoms with van der Waals surface area (Å²) in [7, 11) is 0. The van der Waals surface area contributed by atoms with Gasteiger partial charge in [-0.15, -0.1) is 0 Å². The van der Waals surface area contributed by atoms with Crippen LogP contribution in [0.15, 0.2) is 48.5 Å². The Kier molecular flexibility index (Phi) is 4.23. The van der Waals surface area contributed by atoms with Crippen molar-refractivity contribution < 1.29 is 13.6 Å². The van der Waals surface area contributed by atoms with E-state index in [0.717, 1.165) is 23.9 Å². The van der Waals surface area contributed by atoms with E-state index in [0.29, 0.717) is 0 Å². The summed E-state index contributed by atoms with van der Waals surface area (Å²) in [6.07, 6.45) is -0.122. The molecule has 0 radical (unpaired) electrons. The Balaban J connectivity index is 1.93. The van der Waals surface area contributed by atoms with E-state index in [1.54, 1.807) is 0 Å². The van der Waals surface area contributed by atoms with E-state index in [2.05, 4.69) is 5.32 Å². The molecule has 0 atom stereocenters. The zero-order valence-electron chi connectivity index (χ0n) is 10.2. The van der Waals surface area contributed by atoms with E-state index in [1.165, 1.54) is 0 Å². The fourth-order valence-electron chi connectivity index (χ4n) is 1.71. The molecule has 0 heterocycles. The third kappa shape index (κ3) is 3.88. The minimum atomic E-state index is -0.561. The molecular weight excluding hydrogens is 248 g/mol. The van der Waals surface area contributed by atoms with E-state index < -0.39 is 11.6 Å². The number of halogens is 2. The smallest absolute Gasteiger partial charge is 0.156 e. The van der Waals surface area contributed by atoms with Crippen LogP contribution in [0.4, 0.5) is 14.5 Å². The molecule has 98 valence electrons. The first kappa shape index (κ1) is 13.2. The maximum Gasteiger partial charge on any atom is 0.156 e. The van der Waals surface area contributed by atoms with E-state index in [-0.39, 0.29) is 24.3 Å². The predicted molar refractivity (Wildman–Crippen MR) is 70.0 cm³/mol. The highest BCUT2D eigenvalue weighted by Gasteiger charge is 2.09. The van der Waals surface area contributed by atoms with Gasteiger partial charge in [-0.25, -0.2) is 8.78 Å². The third-order valence-electron chi connectivity index (χ3n) is 2.66. The summed E-state index contributed by atoms with van der Waals surface area (Å²) in [5.41, 5.74) is 0.899. The van der Waals surface area contributed by atoms with E-state index >= 15 is 0 Å². The van der Waals surface area contributed by atoms with Crippen LogP contribution in [-0.2, 0) is 11.2 Å². The molecule has 0 unspecified atom stereocenters. The predicted octanol–water partition coefficient (Wildman–Crippen LogP) is 3.19. The number of Topliss-reactive ketones (excluding diaryl/α,β-unsaturated/α-hetero) is 1. The molecule has 19 heavy (non-hydrogen) atoms. The lowest BCUT2D eigenvalue weighted by molar-refractivity contribution is -0.116. The first-order valence-corrected chi connectivity index (χ1v) is 5.90. The van der Waals surface area contributed by atoms with Crippen LogP contribution >= 0.6 is 0 Å². The van der Waals surface area contributed by atoms with Gasteiger partial charge in [0.05, 0.1) is 6.54 Å². The highest BCUT2D eigenvalue weighted by Crippen LogP contribution is 2.11. The van der Waals surface area contributed by atoms with Crippen molar-refractivity contribution >= 4 is 11.5 Å². The van der Waals surface area contributed by atoms with Crippen molar-refractivity contribution in [2.75, 3.05) is 11.9 Å². The van der Waals surface area contributed by atoms with Crippen molar-refractivity contribution in [1.82, 2.24) is 0 Å². The van der Waals surface area contributed by atoms with Crippen LogP contribution in [0.5, 0.6) is 0 Å². The Hall–Kier alpha value is -2.23. The number of anilines is 1. The number of carbonyl (C=O) groups is 1. The number of rotatable bonds is 5. The molecule has 0 aromatic heterocycles. The van der Waals surface area contributed by atoms with Gasteiger partial charge in [-0.2, -0.15) is 0 Å². The number of para-hydroxylation sites is 1. The Morgan fingerprint density at radius 3 is 2.53 bits per heavy atom. The summed E-state index contributed by atoms with van der Waals surface area (Å²) in [5.74, 6) is -1.30. The lowest BCUT2D eigenvalue weighted by Crippen LogP contribution is -2.16. The molecule has 2 nitrogen and oxygen atoms in total. The monoisotopic (exact) mass is 261 g/mol. The minimum absolute atomic E-state index is 0.0832. The molecule has 4 heteroatoms. The Morgan fingerprint density at radius 1 is 1.05 bits per heavy atom. The van der Waals surface area contributed by atoms with E-state index in [4.69, 9.17) is 0 Å². The number of benzene rings is 2. The Labute approximate surface area is 110 Å². The average molecular weight is 261 g/mol. The van der Waals surface area contributed by atoms with Gasteiger partial charge in [0.2, 0.25) is 0 Å². The second kappa shape index (κ2) is 6.09. The number of hydrogen-bond acceptors (Lipinski definition) is 2. The molecule has 2 rings (SSSR count). The zero-order valence-corrected chi connectivity index (χ0v) is 10.2. The molecule has 0 bridgehead atoms. The summed E-state index contributed by atoms with van der Waals surface area (Å²) in [6, 6.07) is 12.3. The molecule has 0 saturated heterocycles. The van der Waals surface area contributed by atoms with Gasteiger partial charge in [0.15, 0.2) is 5.78 Å². The normalized spacial score (nSPS) is 10.2.